The van der Waals surface area contributed by atoms with E-state index in [-0.39, 0.29) is 48.9 Å². The molecule has 0 saturated carbocycles. The van der Waals surface area contributed by atoms with Crippen molar-refractivity contribution in [1.29, 1.82) is 0 Å². The molecule has 44 heavy (non-hydrogen) atoms. The Balaban J connectivity index is 0.00000125. The van der Waals surface area contributed by atoms with E-state index in [0.717, 1.165) is 6.07 Å². The summed E-state index contributed by atoms with van der Waals surface area (Å²) in [7, 11) is 9.27. The van der Waals surface area contributed by atoms with Gasteiger partial charge in [-0.25, -0.2) is 9.37 Å². The number of nitrogens with zero attached hydrogens (tertiary/aromatic N) is 4. The number of aromatic amines is 1. The van der Waals surface area contributed by atoms with Gasteiger partial charge in [-0.05, 0) is 70.2 Å². The third-order valence-corrected chi connectivity index (χ3v) is 5.50. The fourth-order valence-corrected chi connectivity index (χ4v) is 3.65. The number of carboxylic acid groups (broad SMARTS) is 1. The number of hydrogen-bond donors (Lipinski definition) is 3. The number of amides is 2. The fourth-order valence-electron chi connectivity index (χ4n) is 3.65. The minimum atomic E-state index is -4.38. The molecular weight excluding hydrogens is 588 g/mol. The number of nitrogens with one attached hydrogen (secondary N) is 2. The molecule has 0 spiro atoms. The Labute approximate surface area is 252 Å². The lowest BCUT2D eigenvalue weighted by Crippen LogP contribution is -2.26. The van der Waals surface area contributed by atoms with Crippen LogP contribution >= 0.6 is 0 Å². The van der Waals surface area contributed by atoms with Crippen molar-refractivity contribution >= 4 is 34.9 Å². The molecule has 0 unspecified atom stereocenters. The maximum absolute atomic E-state index is 14.0. The van der Waals surface area contributed by atoms with E-state index < -0.39 is 24.0 Å². The minimum Gasteiger partial charge on any atom is -0.483 e. The summed E-state index contributed by atoms with van der Waals surface area (Å²) in [6, 6.07) is 3.82. The minimum absolute atomic E-state index is 0.0186. The highest BCUT2D eigenvalue weighted by molar-refractivity contribution is 5.90. The molecule has 3 rings (SSSR count). The zero-order chi connectivity index (χ0) is 33.4. The third kappa shape index (κ3) is 14.1. The Morgan fingerprint density at radius 2 is 1.77 bits per heavy atom. The van der Waals surface area contributed by atoms with Gasteiger partial charge < -0.3 is 25.2 Å². The summed E-state index contributed by atoms with van der Waals surface area (Å²) in [4.78, 5) is 55.3. The van der Waals surface area contributed by atoms with E-state index in [1.54, 1.807) is 26.2 Å². The lowest BCUT2D eigenvalue weighted by Gasteiger charge is -2.08. The van der Waals surface area contributed by atoms with E-state index in [0.29, 0.717) is 29.4 Å². The molecule has 0 aliphatic rings. The van der Waals surface area contributed by atoms with E-state index >= 15 is 0 Å². The van der Waals surface area contributed by atoms with Crippen LogP contribution < -0.4 is 10.9 Å². The first-order chi connectivity index (χ1) is 20.6. The van der Waals surface area contributed by atoms with Crippen LogP contribution in [0.2, 0.25) is 0 Å². The van der Waals surface area contributed by atoms with Gasteiger partial charge in [-0.1, -0.05) is 6.08 Å². The molecule has 1 aromatic carbocycles. The second kappa shape index (κ2) is 18.2. The number of aromatic nitrogens is 3. The van der Waals surface area contributed by atoms with Gasteiger partial charge in [-0.15, -0.1) is 0 Å². The summed E-state index contributed by atoms with van der Waals surface area (Å²) in [5.74, 6) is -1.20. The van der Waals surface area contributed by atoms with Crippen LogP contribution in [-0.2, 0) is 27.3 Å². The van der Waals surface area contributed by atoms with Gasteiger partial charge in [0.2, 0.25) is 11.8 Å². The van der Waals surface area contributed by atoms with Gasteiger partial charge in [0.1, 0.15) is 11.5 Å². The summed E-state index contributed by atoms with van der Waals surface area (Å²) in [5.41, 5.74) is 0.458. The molecule has 15 heteroatoms. The smallest absolute Gasteiger partial charge is 0.389 e. The van der Waals surface area contributed by atoms with Crippen molar-refractivity contribution < 1.29 is 37.1 Å². The van der Waals surface area contributed by atoms with Gasteiger partial charge in [0.05, 0.1) is 19.1 Å². The van der Waals surface area contributed by atoms with Crippen molar-refractivity contribution in [3.05, 3.63) is 70.3 Å². The summed E-state index contributed by atoms with van der Waals surface area (Å²) in [6.07, 6.45) is 0.850. The standard InChI is InChI=1S/C25H27F4N5O3.C3H9N.CH2O2/c1-33(2)22(36)7-5-3-4-6-21(35)32-20-13-30-15-34(24(20)37)14-19-12-17-11-18(26)10-16(23(17)31-19)8-9-25(27,28)29;1-4(2)3;2-1-3/h5,7,10-13,15,31H,3-4,6,8-9,14H2,1-2H3,(H,32,35);1-3H3;1H,(H,2,3)/b7-5+;;. The maximum Gasteiger partial charge on any atom is 0.389 e. The molecule has 0 aliphatic carbocycles. The molecule has 11 nitrogen and oxygen atoms in total. The van der Waals surface area contributed by atoms with Gasteiger partial charge in [0, 0.05) is 43.5 Å². The van der Waals surface area contributed by atoms with Gasteiger partial charge in [0.15, 0.2) is 0 Å². The molecule has 2 heterocycles. The predicted octanol–water partition coefficient (Wildman–Crippen LogP) is 4.04. The van der Waals surface area contributed by atoms with Crippen LogP contribution in [0.4, 0.5) is 23.2 Å². The molecule has 2 amide bonds. The van der Waals surface area contributed by atoms with Crippen LogP contribution in [0.5, 0.6) is 0 Å². The fraction of sp³-hybridized carbons (Fsp3) is 0.414. The molecule has 0 atom stereocenters. The molecule has 2 aromatic heterocycles. The lowest BCUT2D eigenvalue weighted by atomic mass is 10.1. The molecule has 0 bridgehead atoms. The number of hydrogen-bond acceptors (Lipinski definition) is 6. The Hall–Kier alpha value is -4.53. The van der Waals surface area contributed by atoms with Crippen molar-refractivity contribution in [3.63, 3.8) is 0 Å². The number of likely N-dealkylation sites (N-methyl/N-ethyl adjacent to an activating group) is 1. The average molecular weight is 627 g/mol. The van der Waals surface area contributed by atoms with Crippen LogP contribution in [0.1, 0.15) is 36.9 Å². The lowest BCUT2D eigenvalue weighted by molar-refractivity contribution is -0.134. The number of benzene rings is 1. The molecule has 0 saturated heterocycles. The summed E-state index contributed by atoms with van der Waals surface area (Å²) in [6.45, 7) is -0.269. The van der Waals surface area contributed by atoms with Crippen LogP contribution in [0.15, 0.2) is 47.7 Å². The van der Waals surface area contributed by atoms with Crippen molar-refractivity contribution in [2.45, 2.75) is 44.8 Å². The van der Waals surface area contributed by atoms with E-state index in [9.17, 15) is 31.9 Å². The van der Waals surface area contributed by atoms with Crippen LogP contribution in [-0.4, -0.2) is 89.1 Å². The number of anilines is 1. The molecule has 0 fully saturated rings. The van der Waals surface area contributed by atoms with Crippen LogP contribution in [0.3, 0.4) is 0 Å². The Bertz CT molecular complexity index is 1460. The van der Waals surface area contributed by atoms with Crippen molar-refractivity contribution in [2.75, 3.05) is 40.6 Å². The second-order valence-corrected chi connectivity index (χ2v) is 10.2. The summed E-state index contributed by atoms with van der Waals surface area (Å²) < 4.78 is 53.2. The van der Waals surface area contributed by atoms with E-state index in [2.05, 4.69) is 15.3 Å². The second-order valence-electron chi connectivity index (χ2n) is 10.2. The molecule has 0 aliphatic heterocycles. The summed E-state index contributed by atoms with van der Waals surface area (Å²) >= 11 is 0. The largest absolute Gasteiger partial charge is 0.483 e. The molecule has 0 radical (unpaired) electrons. The van der Waals surface area contributed by atoms with E-state index in [4.69, 9.17) is 9.90 Å². The number of halogens is 4. The number of allylic oxidation sites excluding steroid dienone is 1. The third-order valence-electron chi connectivity index (χ3n) is 5.50. The first kappa shape index (κ1) is 37.5. The topological polar surface area (TPSA) is 141 Å². The van der Waals surface area contributed by atoms with Gasteiger partial charge >= 0.3 is 6.18 Å². The number of rotatable bonds is 10. The Morgan fingerprint density at radius 3 is 2.36 bits per heavy atom. The predicted molar refractivity (Wildman–Crippen MR) is 159 cm³/mol. The van der Waals surface area contributed by atoms with Gasteiger partial charge in [-0.3, -0.25) is 23.7 Å². The number of unbranched alkanes of at least 4 members (excludes halogenated alkanes) is 1. The number of H-pyrrole nitrogens is 1. The van der Waals surface area contributed by atoms with Gasteiger partial charge in [0.25, 0.3) is 12.0 Å². The maximum atomic E-state index is 14.0. The highest BCUT2D eigenvalue weighted by Crippen LogP contribution is 2.27. The van der Waals surface area contributed by atoms with Crippen LogP contribution in [0, 0.1) is 5.82 Å². The van der Waals surface area contributed by atoms with Crippen molar-refractivity contribution in [3.8, 4) is 0 Å². The Kier molecular flexibility index (Phi) is 15.5. The van der Waals surface area contributed by atoms with E-state index in [1.807, 2.05) is 26.0 Å². The number of alkyl halides is 3. The zero-order valence-corrected chi connectivity index (χ0v) is 25.2. The quantitative estimate of drug-likeness (QED) is 0.134. The molecular formula is C29H38F4N6O5. The molecule has 3 N–H and O–H groups in total. The number of fused-ring (bicyclic) bond motifs is 1. The van der Waals surface area contributed by atoms with E-state index in [1.165, 1.54) is 34.1 Å². The first-order valence-electron chi connectivity index (χ1n) is 13.4. The monoisotopic (exact) mass is 626 g/mol. The molecule has 3 aromatic rings. The average Bonchev–Trinajstić information content (AvgIpc) is 3.31. The van der Waals surface area contributed by atoms with Crippen molar-refractivity contribution in [2.24, 2.45) is 0 Å². The number of aryl methyl sites for hydroxylation is 1. The highest BCUT2D eigenvalue weighted by atomic mass is 19.4. The normalized spacial score (nSPS) is 11.0. The molecule has 242 valence electrons. The highest BCUT2D eigenvalue weighted by Gasteiger charge is 2.27. The number of carbonyl (C=O) groups is 3. The summed E-state index contributed by atoms with van der Waals surface area (Å²) in [5, 5.41) is 9.80. The van der Waals surface area contributed by atoms with Crippen LogP contribution in [0.25, 0.3) is 10.9 Å². The SMILES string of the molecule is CN(C)C.CN(C)C(=O)/C=C/CCCC(=O)Nc1cncn(Cc2cc3cc(F)cc(CCC(F)(F)F)c3[nH]2)c1=O.O=CO. The first-order valence-corrected chi connectivity index (χ1v) is 13.4. The zero-order valence-electron chi connectivity index (χ0n) is 25.2. The number of carbonyl (C=O) groups excluding carboxylic acids is 2. The Morgan fingerprint density at radius 1 is 1.14 bits per heavy atom. The van der Waals surface area contributed by atoms with Gasteiger partial charge in [-0.2, -0.15) is 13.2 Å². The van der Waals surface area contributed by atoms with Crippen molar-refractivity contribution in [1.82, 2.24) is 24.3 Å².